The van der Waals surface area contributed by atoms with E-state index in [1.807, 2.05) is 30.3 Å². The van der Waals surface area contributed by atoms with Gasteiger partial charge in [-0.2, -0.15) is 0 Å². The van der Waals surface area contributed by atoms with Gasteiger partial charge in [-0.25, -0.2) is 0 Å². The molecule has 38 heavy (non-hydrogen) atoms. The van der Waals surface area contributed by atoms with E-state index in [4.69, 9.17) is 14.0 Å². The van der Waals surface area contributed by atoms with E-state index in [9.17, 15) is 14.7 Å². The third-order valence-corrected chi connectivity index (χ3v) is 6.41. The predicted molar refractivity (Wildman–Crippen MR) is 141 cm³/mol. The molecule has 0 bridgehead atoms. The first-order valence-corrected chi connectivity index (χ1v) is 12.1. The Balaban J connectivity index is 1.43. The Morgan fingerprint density at radius 3 is 2.45 bits per heavy atom. The molecule has 1 amide bonds. The van der Waals surface area contributed by atoms with Crippen LogP contribution in [-0.4, -0.2) is 35.7 Å². The fourth-order valence-corrected chi connectivity index (χ4v) is 4.56. The van der Waals surface area contributed by atoms with Crippen LogP contribution >= 0.6 is 0 Å². The summed E-state index contributed by atoms with van der Waals surface area (Å²) in [6.07, 6.45) is 1.48. The monoisotopic (exact) mass is 510 g/mol. The summed E-state index contributed by atoms with van der Waals surface area (Å²) in [6, 6.07) is 24.7. The lowest BCUT2D eigenvalue weighted by Gasteiger charge is -2.28. The van der Waals surface area contributed by atoms with Gasteiger partial charge in [0.25, 0.3) is 5.91 Å². The van der Waals surface area contributed by atoms with E-state index < -0.39 is 17.7 Å². The smallest absolute Gasteiger partial charge is 0.294 e. The predicted octanol–water partition coefficient (Wildman–Crippen LogP) is 5.43. The molecule has 1 aliphatic heterocycles. The first kappa shape index (κ1) is 25.0. The summed E-state index contributed by atoms with van der Waals surface area (Å²) in [4.78, 5) is 28.3. The van der Waals surface area contributed by atoms with Gasteiger partial charge in [0.2, 0.25) is 0 Å². The fourth-order valence-electron chi connectivity index (χ4n) is 4.56. The maximum atomic E-state index is 13.4. The van der Waals surface area contributed by atoms with Gasteiger partial charge in [-0.3, -0.25) is 14.5 Å². The second-order valence-corrected chi connectivity index (χ2v) is 8.72. The third kappa shape index (κ3) is 4.94. The lowest BCUT2D eigenvalue weighted by atomic mass is 9.94. The second kappa shape index (κ2) is 11.1. The molecule has 0 spiro atoms. The molecule has 192 valence electrons. The number of rotatable bonds is 10. The molecule has 0 aliphatic carbocycles. The molecule has 0 radical (unpaired) electrons. The Morgan fingerprint density at radius 1 is 1.00 bits per heavy atom. The Kier molecular flexibility index (Phi) is 7.33. The number of carbonyl (C=O) groups excluding carboxylic acids is 2. The molecule has 1 unspecified atom stereocenters. The number of carbonyl (C=O) groups is 2. The average Bonchev–Trinajstić information content (AvgIpc) is 3.59. The number of amides is 1. The van der Waals surface area contributed by atoms with Crippen molar-refractivity contribution in [3.05, 3.63) is 114 Å². The van der Waals surface area contributed by atoms with Crippen molar-refractivity contribution in [1.82, 2.24) is 5.16 Å². The van der Waals surface area contributed by atoms with Crippen LogP contribution in [-0.2, 0) is 20.9 Å². The molecule has 3 aromatic carbocycles. The van der Waals surface area contributed by atoms with Gasteiger partial charge in [0, 0.05) is 29.3 Å². The van der Waals surface area contributed by atoms with Gasteiger partial charge in [0.15, 0.2) is 11.5 Å². The van der Waals surface area contributed by atoms with Gasteiger partial charge >= 0.3 is 0 Å². The number of hydrogen-bond donors (Lipinski definition) is 1. The van der Waals surface area contributed by atoms with Crippen LogP contribution in [0.25, 0.3) is 11.3 Å². The number of Topliss-reactive ketones (excluding diaryl/α,β-unsaturated/α-hetero) is 1. The molecule has 5 rings (SSSR count). The summed E-state index contributed by atoms with van der Waals surface area (Å²) in [5.74, 6) is -1.12. The number of nitrogens with zero attached hydrogens (tertiary/aromatic N) is 2. The number of hydrogen-bond acceptors (Lipinski definition) is 7. The molecule has 8 nitrogen and oxygen atoms in total. The zero-order valence-corrected chi connectivity index (χ0v) is 20.7. The van der Waals surface area contributed by atoms with Gasteiger partial charge < -0.3 is 19.1 Å². The fraction of sp³-hybridized carbons (Fsp3) is 0.167. The first-order valence-electron chi connectivity index (χ1n) is 12.1. The van der Waals surface area contributed by atoms with E-state index in [0.29, 0.717) is 29.3 Å². The number of methoxy groups -OCH3 is 1. The van der Waals surface area contributed by atoms with Crippen LogP contribution in [0.5, 0.6) is 5.75 Å². The van der Waals surface area contributed by atoms with Crippen molar-refractivity contribution in [3.8, 4) is 17.0 Å². The molecule has 4 aromatic rings. The number of anilines is 1. The molecule has 1 atom stereocenters. The van der Waals surface area contributed by atoms with Crippen molar-refractivity contribution in [2.24, 2.45) is 0 Å². The molecule has 1 aliphatic rings. The van der Waals surface area contributed by atoms with E-state index in [1.165, 1.54) is 18.3 Å². The van der Waals surface area contributed by atoms with Gasteiger partial charge in [0.1, 0.15) is 17.7 Å². The van der Waals surface area contributed by atoms with Crippen molar-refractivity contribution in [3.63, 3.8) is 0 Å². The number of para-hydroxylation sites is 1. The standard InChI is InChI=1S/C30H26N2O6/c1-36-26-10-6-5-9-23(26)28-27(25(33)16-17-37-19-20-7-3-2-4-8-20)29(34)30(35)32(28)22-13-11-21(12-14-22)24-15-18-38-31-24/h2-15,18,28,34H,16-17,19H2,1H3. The minimum absolute atomic E-state index is 0.00406. The van der Waals surface area contributed by atoms with Crippen LogP contribution in [0, 0.1) is 0 Å². The van der Waals surface area contributed by atoms with Gasteiger partial charge in [-0.05, 0) is 23.8 Å². The first-order chi connectivity index (χ1) is 18.6. The molecule has 0 saturated heterocycles. The number of ketones is 1. The van der Waals surface area contributed by atoms with E-state index >= 15 is 0 Å². The summed E-state index contributed by atoms with van der Waals surface area (Å²) in [7, 11) is 1.52. The van der Waals surface area contributed by atoms with E-state index in [1.54, 1.807) is 54.6 Å². The summed E-state index contributed by atoms with van der Waals surface area (Å²) in [5.41, 5.74) is 3.55. The molecule has 8 heteroatoms. The molecule has 0 fully saturated rings. The van der Waals surface area contributed by atoms with E-state index in [-0.39, 0.29) is 24.4 Å². The van der Waals surface area contributed by atoms with Crippen LogP contribution in [0.4, 0.5) is 5.69 Å². The second-order valence-electron chi connectivity index (χ2n) is 8.72. The average molecular weight is 511 g/mol. The lowest BCUT2D eigenvalue weighted by Crippen LogP contribution is -2.31. The number of benzene rings is 3. The van der Waals surface area contributed by atoms with Crippen LogP contribution in [0.3, 0.4) is 0 Å². The molecular formula is C30H26N2O6. The summed E-state index contributed by atoms with van der Waals surface area (Å²) >= 11 is 0. The summed E-state index contributed by atoms with van der Waals surface area (Å²) in [5, 5.41) is 14.9. The highest BCUT2D eigenvalue weighted by Crippen LogP contribution is 2.44. The Hall–Kier alpha value is -4.69. The van der Waals surface area contributed by atoms with Crippen molar-refractivity contribution >= 4 is 17.4 Å². The highest BCUT2D eigenvalue weighted by atomic mass is 16.5. The normalized spacial score (nSPS) is 15.2. The number of aliphatic hydroxyl groups is 1. The zero-order chi connectivity index (χ0) is 26.5. The molecule has 0 saturated carbocycles. The molecule has 1 aromatic heterocycles. The topological polar surface area (TPSA) is 102 Å². The quantitative estimate of drug-likeness (QED) is 0.284. The molecule has 2 heterocycles. The van der Waals surface area contributed by atoms with Crippen LogP contribution in [0.2, 0.25) is 0 Å². The Labute approximate surface area is 219 Å². The highest BCUT2D eigenvalue weighted by Gasteiger charge is 2.45. The van der Waals surface area contributed by atoms with Gasteiger partial charge in [-0.15, -0.1) is 0 Å². The van der Waals surface area contributed by atoms with Gasteiger partial charge in [0.05, 0.1) is 31.9 Å². The highest BCUT2D eigenvalue weighted by molar-refractivity contribution is 6.16. The minimum Gasteiger partial charge on any atom is -0.503 e. The van der Waals surface area contributed by atoms with Crippen molar-refractivity contribution < 1.29 is 28.7 Å². The number of aliphatic hydroxyl groups excluding tert-OH is 1. The number of ether oxygens (including phenoxy) is 2. The van der Waals surface area contributed by atoms with Crippen molar-refractivity contribution in [2.75, 3.05) is 18.6 Å². The van der Waals surface area contributed by atoms with Crippen LogP contribution in [0.1, 0.15) is 23.6 Å². The SMILES string of the molecule is COc1ccccc1C1C(C(=O)CCOCc2ccccc2)=C(O)C(=O)N1c1ccc(-c2ccon2)cc1. The maximum Gasteiger partial charge on any atom is 0.294 e. The van der Waals surface area contributed by atoms with Crippen molar-refractivity contribution in [1.29, 1.82) is 0 Å². The van der Waals surface area contributed by atoms with Crippen molar-refractivity contribution in [2.45, 2.75) is 19.1 Å². The molecular weight excluding hydrogens is 484 g/mol. The zero-order valence-electron chi connectivity index (χ0n) is 20.7. The summed E-state index contributed by atoms with van der Waals surface area (Å²) in [6.45, 7) is 0.502. The van der Waals surface area contributed by atoms with E-state index in [2.05, 4.69) is 5.16 Å². The Morgan fingerprint density at radius 2 is 1.74 bits per heavy atom. The largest absolute Gasteiger partial charge is 0.503 e. The minimum atomic E-state index is -0.877. The summed E-state index contributed by atoms with van der Waals surface area (Å²) < 4.78 is 16.2. The van der Waals surface area contributed by atoms with Crippen LogP contribution < -0.4 is 9.64 Å². The third-order valence-electron chi connectivity index (χ3n) is 6.41. The van der Waals surface area contributed by atoms with E-state index in [0.717, 1.165) is 11.1 Å². The maximum absolute atomic E-state index is 13.4. The number of aromatic nitrogens is 1. The van der Waals surface area contributed by atoms with Gasteiger partial charge in [-0.1, -0.05) is 65.8 Å². The van der Waals surface area contributed by atoms with Crippen LogP contribution in [0.15, 0.2) is 107 Å². The molecule has 1 N–H and O–H groups in total. The Bertz CT molecular complexity index is 1450. The lowest BCUT2D eigenvalue weighted by molar-refractivity contribution is -0.118.